The fraction of sp³-hybridized carbons (Fsp3) is 0.167. The van der Waals surface area contributed by atoms with Crippen LogP contribution in [0.25, 0.3) is 0 Å². The molecule has 106 valence electrons. The van der Waals surface area contributed by atoms with Crippen LogP contribution >= 0.6 is 11.6 Å². The van der Waals surface area contributed by atoms with Gasteiger partial charge in [0.15, 0.2) is 5.69 Å². The molecule has 0 amide bonds. The molecule has 1 heterocycles. The van der Waals surface area contributed by atoms with Crippen LogP contribution in [0, 0.1) is 0 Å². The van der Waals surface area contributed by atoms with Crippen LogP contribution in [0.3, 0.4) is 0 Å². The number of rotatable bonds is 3. The topological polar surface area (TPSA) is 55.1 Å². The maximum atomic E-state index is 12.5. The lowest BCUT2D eigenvalue weighted by Gasteiger charge is -2.10. The summed E-state index contributed by atoms with van der Waals surface area (Å²) in [6.45, 7) is 0.179. The second-order valence-electron chi connectivity index (χ2n) is 4.05. The predicted octanol–water partition coefficient (Wildman–Crippen LogP) is 3.30. The Bertz CT molecular complexity index is 652. The number of nitrogens with zero attached hydrogens (tertiary/aromatic N) is 2. The van der Waals surface area contributed by atoms with Gasteiger partial charge >= 0.3 is 12.1 Å². The summed E-state index contributed by atoms with van der Waals surface area (Å²) < 4.78 is 39.1. The van der Waals surface area contributed by atoms with Crippen molar-refractivity contribution >= 4 is 17.6 Å². The van der Waals surface area contributed by atoms with E-state index < -0.39 is 22.7 Å². The first kappa shape index (κ1) is 14.4. The number of imidazole rings is 1. The lowest BCUT2D eigenvalue weighted by atomic mass is 10.1. The molecular weight excluding hydrogens is 297 g/mol. The van der Waals surface area contributed by atoms with Gasteiger partial charge in [-0.1, -0.05) is 17.7 Å². The average molecular weight is 305 g/mol. The smallest absolute Gasteiger partial charge is 0.417 e. The van der Waals surface area contributed by atoms with Crippen molar-refractivity contribution in [3.05, 3.63) is 52.6 Å². The zero-order chi connectivity index (χ0) is 14.9. The maximum absolute atomic E-state index is 12.5. The summed E-state index contributed by atoms with van der Waals surface area (Å²) in [7, 11) is 0. The predicted molar refractivity (Wildman–Crippen MR) is 64.7 cm³/mol. The number of carboxylic acid groups (broad SMARTS) is 1. The van der Waals surface area contributed by atoms with E-state index in [1.165, 1.54) is 29.2 Å². The van der Waals surface area contributed by atoms with Gasteiger partial charge in [0.2, 0.25) is 0 Å². The van der Waals surface area contributed by atoms with Crippen LogP contribution in [0.5, 0.6) is 0 Å². The van der Waals surface area contributed by atoms with Crippen LogP contribution in [0.2, 0.25) is 5.02 Å². The molecule has 8 heteroatoms. The lowest BCUT2D eigenvalue weighted by molar-refractivity contribution is -0.137. The zero-order valence-corrected chi connectivity index (χ0v) is 10.6. The number of alkyl halides is 3. The van der Waals surface area contributed by atoms with Gasteiger partial charge < -0.3 is 9.67 Å². The Morgan fingerprint density at radius 1 is 1.40 bits per heavy atom. The third kappa shape index (κ3) is 3.11. The highest BCUT2D eigenvalue weighted by Crippen LogP contribution is 2.35. The molecule has 1 aromatic carbocycles. The molecule has 0 unspecified atom stereocenters. The van der Waals surface area contributed by atoms with Gasteiger partial charge in [0.1, 0.15) is 0 Å². The van der Waals surface area contributed by atoms with Crippen molar-refractivity contribution in [1.82, 2.24) is 9.55 Å². The maximum Gasteiger partial charge on any atom is 0.417 e. The molecule has 0 saturated heterocycles. The standard InChI is InChI=1S/C12H8ClF3N2O2/c13-9-3-7(1-2-8(9)12(14,15)16)4-18-5-10(11(19)20)17-6-18/h1-3,5-6H,4H2,(H,19,20). The first-order valence-electron chi connectivity index (χ1n) is 5.38. The molecule has 0 fully saturated rings. The van der Waals surface area contributed by atoms with Crippen LogP contribution in [-0.2, 0) is 12.7 Å². The first-order valence-corrected chi connectivity index (χ1v) is 5.76. The minimum Gasteiger partial charge on any atom is -0.476 e. The van der Waals surface area contributed by atoms with Gasteiger partial charge in [-0.15, -0.1) is 0 Å². The number of aromatic nitrogens is 2. The van der Waals surface area contributed by atoms with Gasteiger partial charge in [-0.3, -0.25) is 0 Å². The summed E-state index contributed by atoms with van der Waals surface area (Å²) >= 11 is 5.60. The lowest BCUT2D eigenvalue weighted by Crippen LogP contribution is -2.06. The van der Waals surface area contributed by atoms with Crippen molar-refractivity contribution in [3.63, 3.8) is 0 Å². The number of carbonyl (C=O) groups is 1. The molecule has 2 aromatic rings. The monoisotopic (exact) mass is 304 g/mol. The molecule has 0 spiro atoms. The fourth-order valence-corrected chi connectivity index (χ4v) is 1.96. The molecule has 0 saturated carbocycles. The molecule has 0 aliphatic heterocycles. The van der Waals surface area contributed by atoms with Crippen LogP contribution < -0.4 is 0 Å². The van der Waals surface area contributed by atoms with Gasteiger partial charge in [0, 0.05) is 12.7 Å². The summed E-state index contributed by atoms with van der Waals surface area (Å²) in [6, 6.07) is 3.38. The average Bonchev–Trinajstić information content (AvgIpc) is 2.76. The van der Waals surface area contributed by atoms with E-state index in [1.807, 2.05) is 0 Å². The van der Waals surface area contributed by atoms with E-state index in [9.17, 15) is 18.0 Å². The minimum atomic E-state index is -4.50. The van der Waals surface area contributed by atoms with E-state index in [0.717, 1.165) is 6.07 Å². The van der Waals surface area contributed by atoms with E-state index >= 15 is 0 Å². The van der Waals surface area contributed by atoms with Crippen molar-refractivity contribution in [3.8, 4) is 0 Å². The molecular formula is C12H8ClF3N2O2. The second-order valence-corrected chi connectivity index (χ2v) is 4.46. The van der Waals surface area contributed by atoms with Gasteiger partial charge in [0.25, 0.3) is 0 Å². The SMILES string of the molecule is O=C(O)c1cn(Cc2ccc(C(F)(F)F)c(Cl)c2)cn1. The third-order valence-corrected chi connectivity index (χ3v) is 2.87. The Morgan fingerprint density at radius 3 is 2.60 bits per heavy atom. The summed E-state index contributed by atoms with van der Waals surface area (Å²) in [5.41, 5.74) is -0.528. The van der Waals surface area contributed by atoms with E-state index in [4.69, 9.17) is 16.7 Å². The van der Waals surface area contributed by atoms with Crippen LogP contribution in [0.4, 0.5) is 13.2 Å². The number of hydrogen-bond acceptors (Lipinski definition) is 2. The van der Waals surface area contributed by atoms with E-state index in [2.05, 4.69) is 4.98 Å². The van der Waals surface area contributed by atoms with E-state index in [0.29, 0.717) is 5.56 Å². The second kappa shape index (κ2) is 5.16. The largest absolute Gasteiger partial charge is 0.476 e. The van der Waals surface area contributed by atoms with Crippen molar-refractivity contribution in [2.45, 2.75) is 12.7 Å². The fourth-order valence-electron chi connectivity index (χ4n) is 1.65. The number of hydrogen-bond donors (Lipinski definition) is 1. The Hall–Kier alpha value is -2.02. The van der Waals surface area contributed by atoms with Crippen molar-refractivity contribution < 1.29 is 23.1 Å². The minimum absolute atomic E-state index is 0.136. The summed E-state index contributed by atoms with van der Waals surface area (Å²) in [5, 5.41) is 8.32. The first-order chi connectivity index (χ1) is 9.27. The van der Waals surface area contributed by atoms with E-state index in [1.54, 1.807) is 0 Å². The van der Waals surface area contributed by atoms with Crippen LogP contribution in [-0.4, -0.2) is 20.6 Å². The zero-order valence-electron chi connectivity index (χ0n) is 9.86. The van der Waals surface area contributed by atoms with Crippen LogP contribution in [0.15, 0.2) is 30.7 Å². The molecule has 1 N–H and O–H groups in total. The Kier molecular flexibility index (Phi) is 3.71. The highest BCUT2D eigenvalue weighted by Gasteiger charge is 2.32. The van der Waals surface area contributed by atoms with Crippen molar-refractivity contribution in [1.29, 1.82) is 0 Å². The van der Waals surface area contributed by atoms with Crippen LogP contribution in [0.1, 0.15) is 21.6 Å². The number of aromatic carboxylic acids is 1. The summed E-state index contributed by atoms with van der Waals surface area (Å²) in [4.78, 5) is 14.3. The van der Waals surface area contributed by atoms with Gasteiger partial charge in [-0.05, 0) is 17.7 Å². The van der Waals surface area contributed by atoms with Gasteiger partial charge in [0.05, 0.1) is 16.9 Å². The van der Waals surface area contributed by atoms with Crippen molar-refractivity contribution in [2.24, 2.45) is 0 Å². The number of carboxylic acids is 1. The molecule has 0 aliphatic rings. The highest BCUT2D eigenvalue weighted by atomic mass is 35.5. The Morgan fingerprint density at radius 2 is 2.10 bits per heavy atom. The molecule has 0 radical (unpaired) electrons. The molecule has 2 rings (SSSR count). The molecule has 0 bridgehead atoms. The van der Waals surface area contributed by atoms with Gasteiger partial charge in [-0.25, -0.2) is 9.78 Å². The molecule has 0 aliphatic carbocycles. The Balaban J connectivity index is 2.22. The molecule has 1 aromatic heterocycles. The number of halogens is 4. The van der Waals surface area contributed by atoms with Crippen molar-refractivity contribution in [2.75, 3.05) is 0 Å². The number of benzene rings is 1. The summed E-state index contributed by atoms with van der Waals surface area (Å²) in [6.07, 6.45) is -1.93. The highest BCUT2D eigenvalue weighted by molar-refractivity contribution is 6.31. The normalized spacial score (nSPS) is 11.6. The summed E-state index contributed by atoms with van der Waals surface area (Å²) in [5.74, 6) is -1.17. The van der Waals surface area contributed by atoms with E-state index in [-0.39, 0.29) is 12.2 Å². The van der Waals surface area contributed by atoms with Gasteiger partial charge in [-0.2, -0.15) is 13.2 Å². The molecule has 0 atom stereocenters. The third-order valence-electron chi connectivity index (χ3n) is 2.56. The Labute approximate surface area is 116 Å². The quantitative estimate of drug-likeness (QED) is 0.946. The molecule has 4 nitrogen and oxygen atoms in total. The molecule has 20 heavy (non-hydrogen) atoms.